The van der Waals surface area contributed by atoms with Crippen molar-refractivity contribution in [2.75, 3.05) is 13.2 Å². The van der Waals surface area contributed by atoms with Crippen LogP contribution in [0.25, 0.3) is 22.2 Å². The lowest BCUT2D eigenvalue weighted by Crippen LogP contribution is -2.43. The number of rotatable bonds is 9. The van der Waals surface area contributed by atoms with Gasteiger partial charge in [-0.1, -0.05) is 41.9 Å². The normalized spacial score (nSPS) is 16.6. The molecule has 0 spiro atoms. The Morgan fingerprint density at radius 3 is 2.55 bits per heavy atom. The van der Waals surface area contributed by atoms with E-state index in [4.69, 9.17) is 22.1 Å². The Bertz CT molecular complexity index is 2140. The monoisotopic (exact) mass is 694 g/mol. The molecule has 49 heavy (non-hydrogen) atoms. The Kier molecular flexibility index (Phi) is 8.67. The molecule has 0 saturated heterocycles. The summed E-state index contributed by atoms with van der Waals surface area (Å²) in [6, 6.07) is 15.2. The summed E-state index contributed by atoms with van der Waals surface area (Å²) in [4.78, 5) is 35.0. The number of ether oxygens (including phenoxy) is 2. The number of carbonyl (C=O) groups is 2. The second-order valence-electron chi connectivity index (χ2n) is 11.8. The highest BCUT2D eigenvalue weighted by Crippen LogP contribution is 2.47. The summed E-state index contributed by atoms with van der Waals surface area (Å²) in [5.41, 5.74) is 2.62. The van der Waals surface area contributed by atoms with Crippen molar-refractivity contribution >= 4 is 34.3 Å². The molecule has 0 radical (unpaired) electrons. The SMILES string of the molecule is Cc1cnc2c(OC(F)F)cc(C(=O)NC[C@@](O)(c3ccccc3)c3cc4c(c(-c5cc(Cl)c(F)cc5F)n3)OC[C@]4(C)C(N)=O)cc2c1. The Balaban J connectivity index is 1.49. The number of halogens is 5. The topological polar surface area (TPSA) is 137 Å². The minimum Gasteiger partial charge on any atom is -0.489 e. The molecule has 2 atom stereocenters. The van der Waals surface area contributed by atoms with Gasteiger partial charge in [-0.25, -0.2) is 13.8 Å². The predicted molar refractivity (Wildman–Crippen MR) is 172 cm³/mol. The van der Waals surface area contributed by atoms with Crippen molar-refractivity contribution in [1.29, 1.82) is 0 Å². The molecular formula is C35H27ClF4N4O5. The maximum atomic E-state index is 15.3. The standard InChI is InChI=1S/C35H27ClF4N4O5/c1-17-8-18-9-19(10-26(49-33(39)40)28(18)42-14-17)31(45)43-15-35(47,20-6-4-3-5-7-20)27-12-22-30(48-16-34(22,2)32(41)46)29(44-27)21-11-23(36)25(38)13-24(21)37/h3-14,33,47H,15-16H2,1-2H3,(H2,41,46)(H,43,45)/t34-,35+/m0/s1. The van der Waals surface area contributed by atoms with Crippen molar-refractivity contribution < 1.29 is 41.7 Å². The van der Waals surface area contributed by atoms with Crippen molar-refractivity contribution in [3.8, 4) is 22.8 Å². The van der Waals surface area contributed by atoms with E-state index in [1.165, 1.54) is 25.3 Å². The van der Waals surface area contributed by atoms with E-state index >= 15 is 4.39 Å². The van der Waals surface area contributed by atoms with Crippen molar-refractivity contribution in [3.63, 3.8) is 0 Å². The van der Waals surface area contributed by atoms with Crippen LogP contribution in [0, 0.1) is 18.6 Å². The number of pyridine rings is 2. The third kappa shape index (κ3) is 6.11. The maximum absolute atomic E-state index is 15.3. The number of hydrogen-bond donors (Lipinski definition) is 3. The maximum Gasteiger partial charge on any atom is 0.387 e. The summed E-state index contributed by atoms with van der Waals surface area (Å²) < 4.78 is 66.5. The number of alkyl halides is 2. The number of amides is 2. The molecule has 5 aromatic rings. The summed E-state index contributed by atoms with van der Waals surface area (Å²) in [6.45, 7) is -0.751. The van der Waals surface area contributed by atoms with E-state index in [1.54, 1.807) is 43.3 Å². The number of primary amides is 1. The van der Waals surface area contributed by atoms with Crippen LogP contribution in [-0.2, 0) is 15.8 Å². The van der Waals surface area contributed by atoms with Gasteiger partial charge < -0.3 is 25.6 Å². The first-order valence-electron chi connectivity index (χ1n) is 14.8. The number of nitrogens with one attached hydrogen (secondary N) is 1. The number of aryl methyl sites for hydroxylation is 1. The van der Waals surface area contributed by atoms with Gasteiger partial charge in [0.25, 0.3) is 5.91 Å². The van der Waals surface area contributed by atoms with E-state index in [0.29, 0.717) is 17.0 Å². The lowest BCUT2D eigenvalue weighted by Gasteiger charge is -2.30. The van der Waals surface area contributed by atoms with Gasteiger partial charge in [0.05, 0.1) is 17.3 Å². The van der Waals surface area contributed by atoms with Crippen molar-refractivity contribution in [2.45, 2.75) is 31.5 Å². The second-order valence-corrected chi connectivity index (χ2v) is 12.2. The summed E-state index contributed by atoms with van der Waals surface area (Å²) in [7, 11) is 0. The van der Waals surface area contributed by atoms with Gasteiger partial charge >= 0.3 is 6.61 Å². The highest BCUT2D eigenvalue weighted by molar-refractivity contribution is 6.31. The fraction of sp³-hybridized carbons (Fsp3) is 0.200. The van der Waals surface area contributed by atoms with E-state index in [-0.39, 0.29) is 57.3 Å². The summed E-state index contributed by atoms with van der Waals surface area (Å²) >= 11 is 6.01. The first-order valence-corrected chi connectivity index (χ1v) is 15.1. The molecule has 3 aromatic carbocycles. The minimum absolute atomic E-state index is 0.0299. The van der Waals surface area contributed by atoms with Gasteiger partial charge in [0.2, 0.25) is 5.91 Å². The fourth-order valence-corrected chi connectivity index (χ4v) is 5.86. The molecular weight excluding hydrogens is 668 g/mol. The zero-order valence-corrected chi connectivity index (χ0v) is 26.6. The average molecular weight is 695 g/mol. The number of fused-ring (bicyclic) bond motifs is 2. The van der Waals surface area contributed by atoms with E-state index in [0.717, 1.165) is 12.1 Å². The third-order valence-electron chi connectivity index (χ3n) is 8.42. The number of hydrogen-bond acceptors (Lipinski definition) is 7. The summed E-state index contributed by atoms with van der Waals surface area (Å²) in [5.74, 6) is -4.00. The van der Waals surface area contributed by atoms with Gasteiger partial charge in [0.1, 0.15) is 46.2 Å². The zero-order chi connectivity index (χ0) is 35.2. The van der Waals surface area contributed by atoms with Crippen molar-refractivity contribution in [3.05, 3.63) is 118 Å². The quantitative estimate of drug-likeness (QED) is 0.128. The molecule has 1 aliphatic heterocycles. The summed E-state index contributed by atoms with van der Waals surface area (Å²) in [6.07, 6.45) is 1.47. The summed E-state index contributed by atoms with van der Waals surface area (Å²) in [5, 5.41) is 15.0. The number of benzene rings is 3. The van der Waals surface area contributed by atoms with E-state index in [9.17, 15) is 27.9 Å². The van der Waals surface area contributed by atoms with Gasteiger partial charge in [0, 0.05) is 34.3 Å². The molecule has 6 rings (SSSR count). The van der Waals surface area contributed by atoms with Crippen LogP contribution in [0.5, 0.6) is 11.5 Å². The van der Waals surface area contributed by atoms with Crippen LogP contribution in [-0.4, -0.2) is 46.7 Å². The van der Waals surface area contributed by atoms with Crippen molar-refractivity contribution in [1.82, 2.24) is 15.3 Å². The Morgan fingerprint density at radius 1 is 1.12 bits per heavy atom. The van der Waals surface area contributed by atoms with Gasteiger partial charge in [-0.3, -0.25) is 14.6 Å². The zero-order valence-electron chi connectivity index (χ0n) is 25.9. The van der Waals surface area contributed by atoms with E-state index in [1.807, 2.05) is 0 Å². The molecule has 4 N–H and O–H groups in total. The van der Waals surface area contributed by atoms with Crippen molar-refractivity contribution in [2.24, 2.45) is 5.73 Å². The molecule has 2 amide bonds. The Hall–Kier alpha value is -5.27. The van der Waals surface area contributed by atoms with E-state index in [2.05, 4.69) is 20.0 Å². The first kappa shape index (κ1) is 33.6. The van der Waals surface area contributed by atoms with E-state index < -0.39 is 52.6 Å². The molecule has 14 heteroatoms. The molecule has 0 saturated carbocycles. The lowest BCUT2D eigenvalue weighted by molar-refractivity contribution is -0.123. The number of carbonyl (C=O) groups excluding carboxylic acids is 2. The van der Waals surface area contributed by atoms with Crippen LogP contribution in [0.1, 0.15) is 39.7 Å². The van der Waals surface area contributed by atoms with Crippen LogP contribution in [0.4, 0.5) is 17.6 Å². The van der Waals surface area contributed by atoms with Gasteiger partial charge in [-0.2, -0.15) is 8.78 Å². The number of nitrogens with two attached hydrogens (primary N) is 1. The highest BCUT2D eigenvalue weighted by atomic mass is 35.5. The molecule has 1 aliphatic rings. The number of aromatic nitrogens is 2. The number of aliphatic hydroxyl groups is 1. The van der Waals surface area contributed by atoms with Gasteiger partial charge in [-0.05, 0) is 55.3 Å². The molecule has 0 bridgehead atoms. The third-order valence-corrected chi connectivity index (χ3v) is 8.71. The lowest BCUT2D eigenvalue weighted by atomic mass is 9.80. The molecule has 3 heterocycles. The Morgan fingerprint density at radius 2 is 1.86 bits per heavy atom. The Labute approximate surface area is 281 Å². The number of nitrogens with zero attached hydrogens (tertiary/aromatic N) is 2. The predicted octanol–water partition coefficient (Wildman–Crippen LogP) is 5.94. The molecule has 2 aromatic heterocycles. The smallest absolute Gasteiger partial charge is 0.387 e. The molecule has 0 aliphatic carbocycles. The van der Waals surface area contributed by atoms with Crippen LogP contribution >= 0.6 is 11.6 Å². The van der Waals surface area contributed by atoms with Crippen LogP contribution < -0.4 is 20.5 Å². The second kappa shape index (κ2) is 12.6. The molecule has 0 fully saturated rings. The van der Waals surface area contributed by atoms with Gasteiger partial charge in [-0.15, -0.1) is 0 Å². The molecule has 252 valence electrons. The minimum atomic E-state index is -3.19. The molecule has 0 unspecified atom stereocenters. The first-order chi connectivity index (χ1) is 23.2. The molecule has 9 nitrogen and oxygen atoms in total. The van der Waals surface area contributed by atoms with Crippen LogP contribution in [0.15, 0.2) is 72.9 Å². The van der Waals surface area contributed by atoms with Crippen LogP contribution in [0.3, 0.4) is 0 Å². The highest BCUT2D eigenvalue weighted by Gasteiger charge is 2.46. The fourth-order valence-electron chi connectivity index (χ4n) is 5.69. The van der Waals surface area contributed by atoms with Crippen LogP contribution in [0.2, 0.25) is 5.02 Å². The average Bonchev–Trinajstić information content (AvgIpc) is 3.42. The largest absolute Gasteiger partial charge is 0.489 e. The van der Waals surface area contributed by atoms with Gasteiger partial charge in [0.15, 0.2) is 5.75 Å².